The van der Waals surface area contributed by atoms with E-state index in [4.69, 9.17) is 4.74 Å². The van der Waals surface area contributed by atoms with Gasteiger partial charge in [-0.15, -0.1) is 0 Å². The van der Waals surface area contributed by atoms with Gasteiger partial charge in [-0.25, -0.2) is 24.3 Å². The molecule has 22 heavy (non-hydrogen) atoms. The largest absolute Gasteiger partial charge is 0.421 e. The third-order valence-electron chi connectivity index (χ3n) is 3.17. The molecule has 0 saturated carbocycles. The summed E-state index contributed by atoms with van der Waals surface area (Å²) >= 11 is 0. The van der Waals surface area contributed by atoms with E-state index >= 15 is 0 Å². The van der Waals surface area contributed by atoms with Gasteiger partial charge in [0.25, 0.3) is 0 Å². The molecule has 0 aliphatic carbocycles. The zero-order valence-corrected chi connectivity index (χ0v) is 11.9. The molecule has 0 aliphatic rings. The van der Waals surface area contributed by atoms with E-state index in [1.165, 1.54) is 6.33 Å². The summed E-state index contributed by atoms with van der Waals surface area (Å²) in [6.07, 6.45) is 8.23. The summed E-state index contributed by atoms with van der Waals surface area (Å²) in [6, 6.07) is 5.30. The lowest BCUT2D eigenvalue weighted by Gasteiger charge is -2.12. The highest BCUT2D eigenvalue weighted by molar-refractivity contribution is 5.65. The van der Waals surface area contributed by atoms with Gasteiger partial charge in [0.05, 0.1) is 0 Å². The lowest BCUT2D eigenvalue weighted by atomic mass is 10.0. The molecule has 0 unspecified atom stereocenters. The van der Waals surface area contributed by atoms with Crippen molar-refractivity contribution in [1.29, 1.82) is 0 Å². The molecular weight excluding hydrogens is 283 g/mol. The van der Waals surface area contributed by atoms with Crippen molar-refractivity contribution in [3.8, 4) is 22.9 Å². The molecule has 0 radical (unpaired) electrons. The van der Waals surface area contributed by atoms with Crippen molar-refractivity contribution >= 4 is 0 Å². The average molecular weight is 296 g/mol. The van der Waals surface area contributed by atoms with E-state index in [2.05, 4.69) is 19.9 Å². The van der Waals surface area contributed by atoms with E-state index in [-0.39, 0.29) is 11.8 Å². The molecule has 0 amide bonds. The maximum absolute atomic E-state index is 14.9. The Hall–Kier alpha value is -2.89. The standard InChI is InChI=1S/C16H13FN4O/c1-2-11-4-5-13(12-8-18-10-19-9-12)14(17)15(11)22-16-20-6-3-7-21-16/h3-10H,2H2,1H3. The highest BCUT2D eigenvalue weighted by Crippen LogP contribution is 2.34. The summed E-state index contributed by atoms with van der Waals surface area (Å²) in [4.78, 5) is 15.8. The smallest absolute Gasteiger partial charge is 0.321 e. The van der Waals surface area contributed by atoms with Gasteiger partial charge < -0.3 is 4.74 Å². The first-order valence-corrected chi connectivity index (χ1v) is 6.81. The molecule has 0 N–H and O–H groups in total. The number of rotatable bonds is 4. The summed E-state index contributed by atoms with van der Waals surface area (Å²) in [5, 5.41) is 0. The predicted molar refractivity (Wildman–Crippen MR) is 78.9 cm³/mol. The topological polar surface area (TPSA) is 60.8 Å². The van der Waals surface area contributed by atoms with Crippen molar-refractivity contribution in [2.75, 3.05) is 0 Å². The van der Waals surface area contributed by atoms with E-state index < -0.39 is 5.82 Å². The molecule has 0 spiro atoms. The fourth-order valence-electron chi connectivity index (χ4n) is 2.08. The van der Waals surface area contributed by atoms with E-state index in [0.29, 0.717) is 17.5 Å². The molecule has 0 bridgehead atoms. The lowest BCUT2D eigenvalue weighted by molar-refractivity contribution is 0.407. The van der Waals surface area contributed by atoms with Gasteiger partial charge in [-0.3, -0.25) is 0 Å². The Bertz CT molecular complexity index is 766. The monoisotopic (exact) mass is 296 g/mol. The predicted octanol–water partition coefficient (Wildman–Crippen LogP) is 3.43. The number of benzene rings is 1. The van der Waals surface area contributed by atoms with Crippen LogP contribution in [0.15, 0.2) is 49.3 Å². The summed E-state index contributed by atoms with van der Waals surface area (Å²) < 4.78 is 20.4. The van der Waals surface area contributed by atoms with Crippen LogP contribution in [0.4, 0.5) is 4.39 Å². The molecule has 0 atom stereocenters. The van der Waals surface area contributed by atoms with Crippen molar-refractivity contribution in [3.05, 3.63) is 60.7 Å². The molecule has 6 heteroatoms. The summed E-state index contributed by atoms with van der Waals surface area (Å²) in [7, 11) is 0. The first-order chi connectivity index (χ1) is 10.8. The van der Waals surface area contributed by atoms with Crippen molar-refractivity contribution in [1.82, 2.24) is 19.9 Å². The van der Waals surface area contributed by atoms with Gasteiger partial charge in [0.2, 0.25) is 0 Å². The number of hydrogen-bond donors (Lipinski definition) is 0. The molecule has 0 fully saturated rings. The molecule has 5 nitrogen and oxygen atoms in total. The average Bonchev–Trinajstić information content (AvgIpc) is 2.58. The van der Waals surface area contributed by atoms with E-state index in [1.807, 2.05) is 13.0 Å². The maximum Gasteiger partial charge on any atom is 0.321 e. The Kier molecular flexibility index (Phi) is 4.00. The van der Waals surface area contributed by atoms with Crippen LogP contribution in [0.25, 0.3) is 11.1 Å². The number of aromatic nitrogens is 4. The number of aryl methyl sites for hydroxylation is 1. The number of hydrogen-bond acceptors (Lipinski definition) is 5. The Labute approximate surface area is 126 Å². The quantitative estimate of drug-likeness (QED) is 0.738. The fraction of sp³-hybridized carbons (Fsp3) is 0.125. The molecular formula is C16H13FN4O. The Morgan fingerprint density at radius 1 is 1.09 bits per heavy atom. The molecule has 0 aliphatic heterocycles. The van der Waals surface area contributed by atoms with E-state index in [0.717, 1.165) is 5.56 Å². The Morgan fingerprint density at radius 2 is 1.82 bits per heavy atom. The fourth-order valence-corrected chi connectivity index (χ4v) is 2.08. The number of ether oxygens (including phenoxy) is 1. The summed E-state index contributed by atoms with van der Waals surface area (Å²) in [6.45, 7) is 1.93. The normalized spacial score (nSPS) is 10.5. The maximum atomic E-state index is 14.9. The summed E-state index contributed by atoms with van der Waals surface area (Å²) in [5.41, 5.74) is 1.70. The van der Waals surface area contributed by atoms with Crippen LogP contribution < -0.4 is 4.74 Å². The van der Waals surface area contributed by atoms with Gasteiger partial charge >= 0.3 is 6.01 Å². The highest BCUT2D eigenvalue weighted by Gasteiger charge is 2.17. The minimum absolute atomic E-state index is 0.109. The minimum atomic E-state index is -0.471. The van der Waals surface area contributed by atoms with Gasteiger partial charge in [0, 0.05) is 35.9 Å². The van der Waals surface area contributed by atoms with Crippen LogP contribution in [-0.4, -0.2) is 19.9 Å². The van der Waals surface area contributed by atoms with Gasteiger partial charge in [-0.2, -0.15) is 0 Å². The van der Waals surface area contributed by atoms with Crippen molar-refractivity contribution in [3.63, 3.8) is 0 Å². The molecule has 3 aromatic rings. The third-order valence-corrected chi connectivity index (χ3v) is 3.17. The molecule has 1 aromatic carbocycles. The highest BCUT2D eigenvalue weighted by atomic mass is 19.1. The van der Waals surface area contributed by atoms with E-state index in [1.54, 1.807) is 36.9 Å². The first kappa shape index (κ1) is 14.1. The van der Waals surface area contributed by atoms with Crippen LogP contribution in [0.3, 0.4) is 0 Å². The second-order valence-electron chi connectivity index (χ2n) is 4.53. The van der Waals surface area contributed by atoms with Crippen molar-refractivity contribution < 1.29 is 9.13 Å². The zero-order chi connectivity index (χ0) is 15.4. The van der Waals surface area contributed by atoms with Crippen LogP contribution in [0.2, 0.25) is 0 Å². The van der Waals surface area contributed by atoms with E-state index in [9.17, 15) is 4.39 Å². The molecule has 2 heterocycles. The molecule has 2 aromatic heterocycles. The van der Waals surface area contributed by atoms with Gasteiger partial charge in [0.15, 0.2) is 11.6 Å². The minimum Gasteiger partial charge on any atom is -0.421 e. The number of halogens is 1. The Balaban J connectivity index is 2.07. The second-order valence-corrected chi connectivity index (χ2v) is 4.53. The van der Waals surface area contributed by atoms with Crippen LogP contribution >= 0.6 is 0 Å². The van der Waals surface area contributed by atoms with Crippen LogP contribution in [0, 0.1) is 5.82 Å². The number of nitrogens with zero attached hydrogens (tertiary/aromatic N) is 4. The van der Waals surface area contributed by atoms with Gasteiger partial charge in [-0.05, 0) is 18.1 Å². The SMILES string of the molecule is CCc1ccc(-c2cncnc2)c(F)c1Oc1ncccn1. The molecule has 0 saturated heterocycles. The van der Waals surface area contributed by atoms with Crippen LogP contribution in [0.1, 0.15) is 12.5 Å². The van der Waals surface area contributed by atoms with Gasteiger partial charge in [0.1, 0.15) is 6.33 Å². The third kappa shape index (κ3) is 2.76. The van der Waals surface area contributed by atoms with Crippen molar-refractivity contribution in [2.24, 2.45) is 0 Å². The molecule has 110 valence electrons. The zero-order valence-electron chi connectivity index (χ0n) is 11.9. The second kappa shape index (κ2) is 6.26. The van der Waals surface area contributed by atoms with Crippen LogP contribution in [-0.2, 0) is 6.42 Å². The summed E-state index contributed by atoms with van der Waals surface area (Å²) in [5.74, 6) is -0.336. The molecule has 3 rings (SSSR count). The Morgan fingerprint density at radius 3 is 2.50 bits per heavy atom. The first-order valence-electron chi connectivity index (χ1n) is 6.81. The van der Waals surface area contributed by atoms with Crippen molar-refractivity contribution in [2.45, 2.75) is 13.3 Å². The van der Waals surface area contributed by atoms with Gasteiger partial charge in [-0.1, -0.05) is 19.1 Å². The van der Waals surface area contributed by atoms with Crippen LogP contribution in [0.5, 0.6) is 11.8 Å². The lowest BCUT2D eigenvalue weighted by Crippen LogP contribution is -1.99.